The van der Waals surface area contributed by atoms with Gasteiger partial charge in [-0.15, -0.1) is 0 Å². The summed E-state index contributed by atoms with van der Waals surface area (Å²) < 4.78 is 34.8. The van der Waals surface area contributed by atoms with Crippen molar-refractivity contribution in [2.75, 3.05) is 5.73 Å². The van der Waals surface area contributed by atoms with Crippen LogP contribution in [0, 0.1) is 0 Å². The molecule has 0 amide bonds. The minimum atomic E-state index is -2.90. The first-order valence-corrected chi connectivity index (χ1v) is 4.85. The van der Waals surface area contributed by atoms with Crippen molar-refractivity contribution >= 4 is 28.1 Å². The third kappa shape index (κ3) is 2.38. The van der Waals surface area contributed by atoms with E-state index in [0.29, 0.717) is 0 Å². The topological polar surface area (TPSA) is 43.1 Å². The number of halogens is 3. The predicted molar refractivity (Wildman–Crippen MR) is 48.3 cm³/mol. The van der Waals surface area contributed by atoms with E-state index in [1.54, 1.807) is 0 Å². The van der Waals surface area contributed by atoms with E-state index in [0.717, 1.165) is 0 Å². The predicted octanol–water partition coefficient (Wildman–Crippen LogP) is 2.25. The second kappa shape index (κ2) is 4.02. The number of nitrogens with two attached hydrogens (primary N) is 1. The highest BCUT2D eigenvalue weighted by molar-refractivity contribution is 7.85. The maximum atomic E-state index is 12.0. The molecule has 0 bridgehead atoms. The lowest BCUT2D eigenvalue weighted by atomic mass is 10.3. The van der Waals surface area contributed by atoms with Crippen molar-refractivity contribution in [1.82, 2.24) is 0 Å². The summed E-state index contributed by atoms with van der Waals surface area (Å²) in [6.45, 7) is 0. The van der Waals surface area contributed by atoms with Gasteiger partial charge in [0.05, 0.1) is 10.7 Å². The zero-order valence-electron chi connectivity index (χ0n) is 6.34. The summed E-state index contributed by atoms with van der Waals surface area (Å²) >= 11 is 5.56. The second-order valence-electron chi connectivity index (χ2n) is 2.24. The van der Waals surface area contributed by atoms with Gasteiger partial charge in [-0.25, -0.2) is 4.21 Å². The van der Waals surface area contributed by atoms with Crippen LogP contribution in [0.3, 0.4) is 0 Å². The van der Waals surface area contributed by atoms with Crippen molar-refractivity contribution < 1.29 is 13.0 Å². The summed E-state index contributed by atoms with van der Waals surface area (Å²) in [7, 11) is -2.33. The summed E-state index contributed by atoms with van der Waals surface area (Å²) in [5.41, 5.74) is 5.62. The first-order valence-electron chi connectivity index (χ1n) is 3.26. The van der Waals surface area contributed by atoms with Crippen LogP contribution in [0.1, 0.15) is 0 Å². The molecule has 1 aromatic carbocycles. The van der Waals surface area contributed by atoms with Gasteiger partial charge in [0.1, 0.15) is 10.8 Å². The van der Waals surface area contributed by atoms with E-state index in [9.17, 15) is 13.0 Å². The highest BCUT2D eigenvalue weighted by Crippen LogP contribution is 2.23. The van der Waals surface area contributed by atoms with Gasteiger partial charge in [-0.3, -0.25) is 0 Å². The molecule has 1 rings (SSSR count). The summed E-state index contributed by atoms with van der Waals surface area (Å²) in [5.74, 6) is -2.90. The van der Waals surface area contributed by atoms with E-state index < -0.39 is 16.6 Å². The van der Waals surface area contributed by atoms with Gasteiger partial charge >= 0.3 is 5.76 Å². The minimum Gasteiger partial charge on any atom is -0.398 e. The third-order valence-corrected chi connectivity index (χ3v) is 2.74. The Hall–Kier alpha value is -0.680. The maximum absolute atomic E-state index is 12.0. The fraction of sp³-hybridized carbons (Fsp3) is 0.143. The smallest absolute Gasteiger partial charge is 0.316 e. The molecule has 1 atom stereocenters. The average molecular weight is 226 g/mol. The van der Waals surface area contributed by atoms with Crippen molar-refractivity contribution in [3.8, 4) is 0 Å². The Kier molecular flexibility index (Phi) is 3.22. The van der Waals surface area contributed by atoms with Crippen molar-refractivity contribution in [3.05, 3.63) is 23.2 Å². The largest absolute Gasteiger partial charge is 0.398 e. The van der Waals surface area contributed by atoms with E-state index in [1.807, 2.05) is 0 Å². The van der Waals surface area contributed by atoms with Gasteiger partial charge in [0, 0.05) is 4.90 Å². The van der Waals surface area contributed by atoms with Crippen LogP contribution in [0.25, 0.3) is 0 Å². The molecule has 0 saturated heterocycles. The zero-order valence-corrected chi connectivity index (χ0v) is 7.91. The molecule has 0 saturated carbocycles. The molecule has 1 aromatic rings. The van der Waals surface area contributed by atoms with Gasteiger partial charge in [0.2, 0.25) is 0 Å². The molecule has 2 nitrogen and oxygen atoms in total. The maximum Gasteiger partial charge on any atom is 0.316 e. The number of nitrogen functional groups attached to an aromatic ring is 1. The van der Waals surface area contributed by atoms with Crippen LogP contribution in [0.5, 0.6) is 0 Å². The molecule has 0 aliphatic heterocycles. The van der Waals surface area contributed by atoms with Crippen molar-refractivity contribution in [3.63, 3.8) is 0 Å². The van der Waals surface area contributed by atoms with Gasteiger partial charge in [0.25, 0.3) is 0 Å². The monoisotopic (exact) mass is 225 g/mol. The fourth-order valence-corrected chi connectivity index (χ4v) is 1.62. The molecule has 72 valence electrons. The standard InChI is InChI=1S/C7H6ClF2NOS/c8-5-3-4(1-2-6(5)11)13(12)7(9)10/h1-3,7H,11H2. The molecule has 0 spiro atoms. The second-order valence-corrected chi connectivity index (χ2v) is 4.07. The van der Waals surface area contributed by atoms with E-state index in [1.165, 1.54) is 18.2 Å². The van der Waals surface area contributed by atoms with E-state index in [-0.39, 0.29) is 15.6 Å². The van der Waals surface area contributed by atoms with Crippen LogP contribution in [0.15, 0.2) is 23.1 Å². The molecule has 0 aliphatic rings. The van der Waals surface area contributed by atoms with Gasteiger partial charge < -0.3 is 5.73 Å². The van der Waals surface area contributed by atoms with Crippen LogP contribution in [-0.4, -0.2) is 9.97 Å². The summed E-state index contributed by atoms with van der Waals surface area (Å²) in [6.07, 6.45) is 0. The number of rotatable bonds is 2. The lowest BCUT2D eigenvalue weighted by molar-refractivity contribution is 0.244. The number of alkyl halides is 2. The quantitative estimate of drug-likeness (QED) is 0.785. The molecular formula is C7H6ClF2NOS. The number of anilines is 1. The lowest BCUT2D eigenvalue weighted by Crippen LogP contribution is -2.02. The van der Waals surface area contributed by atoms with Crippen LogP contribution in [-0.2, 0) is 10.8 Å². The molecule has 0 aromatic heterocycles. The summed E-state index contributed by atoms with van der Waals surface area (Å²) in [6, 6.07) is 3.79. The molecular weight excluding hydrogens is 220 g/mol. The van der Waals surface area contributed by atoms with Crippen LogP contribution >= 0.6 is 11.6 Å². The molecule has 2 N–H and O–H groups in total. The molecule has 0 aliphatic carbocycles. The Bertz CT molecular complexity index is 345. The molecule has 1 unspecified atom stereocenters. The van der Waals surface area contributed by atoms with Gasteiger partial charge in [-0.1, -0.05) is 11.6 Å². The van der Waals surface area contributed by atoms with Crippen molar-refractivity contribution in [2.24, 2.45) is 0 Å². The normalized spacial score (nSPS) is 13.2. The highest BCUT2D eigenvalue weighted by Gasteiger charge is 2.16. The molecule has 6 heteroatoms. The van der Waals surface area contributed by atoms with E-state index >= 15 is 0 Å². The Morgan fingerprint density at radius 1 is 1.46 bits per heavy atom. The number of benzene rings is 1. The van der Waals surface area contributed by atoms with E-state index in [2.05, 4.69) is 0 Å². The zero-order chi connectivity index (χ0) is 10.0. The average Bonchev–Trinajstić information content (AvgIpc) is 2.08. The first-order chi connectivity index (χ1) is 6.02. The summed E-state index contributed by atoms with van der Waals surface area (Å²) in [5, 5.41) is 0.131. The number of hydrogen-bond donors (Lipinski definition) is 1. The van der Waals surface area contributed by atoms with Gasteiger partial charge in [-0.2, -0.15) is 8.78 Å². The third-order valence-electron chi connectivity index (χ3n) is 1.37. The van der Waals surface area contributed by atoms with Crippen molar-refractivity contribution in [1.29, 1.82) is 0 Å². The summed E-state index contributed by atoms with van der Waals surface area (Å²) in [4.78, 5) is -0.0193. The molecule has 0 radical (unpaired) electrons. The molecule has 13 heavy (non-hydrogen) atoms. The highest BCUT2D eigenvalue weighted by atomic mass is 35.5. The SMILES string of the molecule is Nc1ccc(S(=O)C(F)F)cc1Cl. The van der Waals surface area contributed by atoms with Gasteiger partial charge in [-0.05, 0) is 18.2 Å². The van der Waals surface area contributed by atoms with Crippen LogP contribution < -0.4 is 5.73 Å². The Labute approximate surface area is 81.1 Å². The molecule has 0 heterocycles. The Balaban J connectivity index is 3.04. The lowest BCUT2D eigenvalue weighted by Gasteiger charge is -2.02. The van der Waals surface area contributed by atoms with Crippen molar-refractivity contribution in [2.45, 2.75) is 10.7 Å². The Morgan fingerprint density at radius 2 is 2.08 bits per heavy atom. The first kappa shape index (κ1) is 10.4. The molecule has 0 fully saturated rings. The Morgan fingerprint density at radius 3 is 2.54 bits per heavy atom. The van der Waals surface area contributed by atoms with E-state index in [4.69, 9.17) is 17.3 Å². The minimum absolute atomic E-state index is 0.0193. The number of hydrogen-bond acceptors (Lipinski definition) is 2. The fourth-order valence-electron chi connectivity index (χ4n) is 0.736. The van der Waals surface area contributed by atoms with Crippen LogP contribution in [0.2, 0.25) is 5.02 Å². The van der Waals surface area contributed by atoms with Gasteiger partial charge in [0.15, 0.2) is 0 Å². The van der Waals surface area contributed by atoms with Crippen LogP contribution in [0.4, 0.5) is 14.5 Å².